The molecule has 29 heavy (non-hydrogen) atoms. The standard InChI is InChI=1S/C24H33N3O2/c1-16-8-10-17(11-9-16)24(29)25-13-22-19-12-18(14-26(15-19)20-4-2-5-20)21-6-3-7-23(28)27(21)22/h8-11,18-22H,2-7,12-15H2,1H3,(H,25,29)/t18-,19-,21-,22-/m0/s1. The minimum atomic E-state index is -0.0280. The van der Waals surface area contributed by atoms with Crippen LogP contribution in [-0.2, 0) is 4.79 Å². The Morgan fingerprint density at radius 2 is 1.83 bits per heavy atom. The van der Waals surface area contributed by atoms with E-state index in [1.54, 1.807) is 0 Å². The van der Waals surface area contributed by atoms with Crippen molar-refractivity contribution in [2.45, 2.75) is 70.0 Å². The number of hydrogen-bond acceptors (Lipinski definition) is 3. The maximum absolute atomic E-state index is 12.9. The number of nitrogens with zero attached hydrogens (tertiary/aromatic N) is 2. The van der Waals surface area contributed by atoms with E-state index in [0.717, 1.165) is 37.5 Å². The van der Waals surface area contributed by atoms with Gasteiger partial charge in [-0.3, -0.25) is 14.5 Å². The lowest BCUT2D eigenvalue weighted by molar-refractivity contribution is -0.154. The number of carbonyl (C=O) groups is 2. The summed E-state index contributed by atoms with van der Waals surface area (Å²) in [7, 11) is 0. The summed E-state index contributed by atoms with van der Waals surface area (Å²) in [5, 5.41) is 3.17. The molecule has 5 rings (SSSR count). The van der Waals surface area contributed by atoms with Crippen molar-refractivity contribution in [3.05, 3.63) is 35.4 Å². The third kappa shape index (κ3) is 3.58. The zero-order chi connectivity index (χ0) is 20.0. The highest BCUT2D eigenvalue weighted by Crippen LogP contribution is 2.43. The van der Waals surface area contributed by atoms with Gasteiger partial charge in [-0.15, -0.1) is 0 Å². The lowest BCUT2D eigenvalue weighted by Gasteiger charge is -2.58. The highest BCUT2D eigenvalue weighted by molar-refractivity contribution is 5.94. The molecule has 0 unspecified atom stereocenters. The summed E-state index contributed by atoms with van der Waals surface area (Å²) in [6.45, 7) is 4.85. The van der Waals surface area contributed by atoms with Crippen LogP contribution in [0.4, 0.5) is 0 Å². The molecule has 3 aliphatic heterocycles. The number of aryl methyl sites for hydroxylation is 1. The Labute approximate surface area is 173 Å². The smallest absolute Gasteiger partial charge is 0.251 e. The van der Waals surface area contributed by atoms with Gasteiger partial charge in [0.25, 0.3) is 5.91 Å². The molecule has 4 aliphatic rings. The SMILES string of the molecule is Cc1ccc(C(=O)NC[C@H]2[C@H]3C[C@@H](CN(C4CCC4)C3)[C@@H]3CCCC(=O)N32)cc1. The second-order valence-electron chi connectivity index (χ2n) is 9.70. The molecule has 1 aliphatic carbocycles. The topological polar surface area (TPSA) is 52.7 Å². The predicted molar refractivity (Wildman–Crippen MR) is 113 cm³/mol. The summed E-state index contributed by atoms with van der Waals surface area (Å²) in [6.07, 6.45) is 8.06. The third-order valence-electron chi connectivity index (χ3n) is 7.90. The number of amides is 2. The summed E-state index contributed by atoms with van der Waals surface area (Å²) in [5.41, 5.74) is 1.85. The molecule has 1 saturated carbocycles. The molecule has 0 spiro atoms. The first-order chi connectivity index (χ1) is 14.1. The molecule has 2 amide bonds. The third-order valence-corrected chi connectivity index (χ3v) is 7.90. The van der Waals surface area contributed by atoms with Crippen LogP contribution >= 0.6 is 0 Å². The number of hydrogen-bond donors (Lipinski definition) is 1. The first-order valence-corrected chi connectivity index (χ1v) is 11.5. The van der Waals surface area contributed by atoms with Gasteiger partial charge in [0.05, 0.1) is 6.04 Å². The first kappa shape index (κ1) is 19.1. The highest BCUT2D eigenvalue weighted by atomic mass is 16.2. The van der Waals surface area contributed by atoms with E-state index in [4.69, 9.17) is 0 Å². The minimum absolute atomic E-state index is 0.0280. The van der Waals surface area contributed by atoms with Crippen LogP contribution in [0.15, 0.2) is 24.3 Å². The predicted octanol–water partition coefficient (Wildman–Crippen LogP) is 2.98. The van der Waals surface area contributed by atoms with E-state index in [9.17, 15) is 9.59 Å². The van der Waals surface area contributed by atoms with Crippen LogP contribution < -0.4 is 5.32 Å². The van der Waals surface area contributed by atoms with Crippen LogP contribution in [0.25, 0.3) is 0 Å². The van der Waals surface area contributed by atoms with Crippen molar-refractivity contribution in [1.29, 1.82) is 0 Å². The summed E-state index contributed by atoms with van der Waals surface area (Å²) < 4.78 is 0. The summed E-state index contributed by atoms with van der Waals surface area (Å²) >= 11 is 0. The lowest BCUT2D eigenvalue weighted by Crippen LogP contribution is -2.68. The molecule has 5 heteroatoms. The largest absolute Gasteiger partial charge is 0.350 e. The number of nitrogens with one attached hydrogen (secondary N) is 1. The van der Waals surface area contributed by atoms with Crippen LogP contribution in [0.2, 0.25) is 0 Å². The fraction of sp³-hybridized carbons (Fsp3) is 0.667. The Bertz CT molecular complexity index is 773. The molecule has 4 atom stereocenters. The van der Waals surface area contributed by atoms with E-state index in [0.29, 0.717) is 42.3 Å². The highest BCUT2D eigenvalue weighted by Gasteiger charge is 2.50. The van der Waals surface area contributed by atoms with E-state index in [-0.39, 0.29) is 11.9 Å². The van der Waals surface area contributed by atoms with Crippen molar-refractivity contribution in [3.63, 3.8) is 0 Å². The fourth-order valence-electron chi connectivity index (χ4n) is 6.13. The van der Waals surface area contributed by atoms with E-state index < -0.39 is 0 Å². The molecule has 4 fully saturated rings. The van der Waals surface area contributed by atoms with Crippen LogP contribution in [0.1, 0.15) is 60.9 Å². The van der Waals surface area contributed by atoms with E-state index in [1.165, 1.54) is 25.7 Å². The molecule has 2 bridgehead atoms. The van der Waals surface area contributed by atoms with Gasteiger partial charge in [-0.2, -0.15) is 0 Å². The summed E-state index contributed by atoms with van der Waals surface area (Å²) in [6, 6.07) is 8.99. The number of rotatable bonds is 4. The van der Waals surface area contributed by atoms with Crippen molar-refractivity contribution < 1.29 is 9.59 Å². The Morgan fingerprint density at radius 1 is 1.07 bits per heavy atom. The van der Waals surface area contributed by atoms with Crippen molar-refractivity contribution in [3.8, 4) is 0 Å². The van der Waals surface area contributed by atoms with E-state index >= 15 is 0 Å². The van der Waals surface area contributed by atoms with E-state index in [2.05, 4.69) is 15.1 Å². The molecule has 1 aromatic carbocycles. The van der Waals surface area contributed by atoms with Gasteiger partial charge in [0.2, 0.25) is 5.91 Å². The van der Waals surface area contributed by atoms with Crippen LogP contribution in [-0.4, -0.2) is 59.4 Å². The van der Waals surface area contributed by atoms with Crippen LogP contribution in [0.3, 0.4) is 0 Å². The fourth-order valence-corrected chi connectivity index (χ4v) is 6.13. The maximum atomic E-state index is 12.9. The zero-order valence-electron chi connectivity index (χ0n) is 17.5. The van der Waals surface area contributed by atoms with Crippen molar-refractivity contribution in [2.24, 2.45) is 11.8 Å². The van der Waals surface area contributed by atoms with Crippen molar-refractivity contribution >= 4 is 11.8 Å². The minimum Gasteiger partial charge on any atom is -0.350 e. The average Bonchev–Trinajstić information content (AvgIpc) is 2.67. The molecule has 3 saturated heterocycles. The van der Waals surface area contributed by atoms with Gasteiger partial charge in [-0.05, 0) is 63.0 Å². The Balaban J connectivity index is 1.33. The van der Waals surface area contributed by atoms with Crippen molar-refractivity contribution in [1.82, 2.24) is 15.1 Å². The molecule has 156 valence electrons. The Morgan fingerprint density at radius 3 is 2.55 bits per heavy atom. The molecule has 5 nitrogen and oxygen atoms in total. The molecular formula is C24H33N3O2. The molecule has 0 aromatic heterocycles. The van der Waals surface area contributed by atoms with Gasteiger partial charge in [-0.25, -0.2) is 0 Å². The average molecular weight is 396 g/mol. The van der Waals surface area contributed by atoms with Crippen LogP contribution in [0.5, 0.6) is 0 Å². The monoisotopic (exact) mass is 395 g/mol. The number of piperidine rings is 3. The molecule has 1 aromatic rings. The number of benzene rings is 1. The van der Waals surface area contributed by atoms with Gasteiger partial charge in [0, 0.05) is 43.7 Å². The van der Waals surface area contributed by atoms with Gasteiger partial charge >= 0.3 is 0 Å². The molecule has 1 N–H and O–H groups in total. The first-order valence-electron chi connectivity index (χ1n) is 11.5. The van der Waals surface area contributed by atoms with Gasteiger partial charge in [0.1, 0.15) is 0 Å². The van der Waals surface area contributed by atoms with Gasteiger partial charge in [-0.1, -0.05) is 24.1 Å². The molecular weight excluding hydrogens is 362 g/mol. The van der Waals surface area contributed by atoms with Crippen molar-refractivity contribution in [2.75, 3.05) is 19.6 Å². The number of fused-ring (bicyclic) bond motifs is 4. The van der Waals surface area contributed by atoms with Gasteiger partial charge < -0.3 is 10.2 Å². The Hall–Kier alpha value is -1.88. The Kier molecular flexibility index (Phi) is 5.10. The molecule has 3 heterocycles. The number of carbonyl (C=O) groups excluding carboxylic acids is 2. The lowest BCUT2D eigenvalue weighted by atomic mass is 9.71. The molecule has 0 radical (unpaired) electrons. The maximum Gasteiger partial charge on any atom is 0.251 e. The second-order valence-corrected chi connectivity index (χ2v) is 9.70. The number of likely N-dealkylation sites (tertiary alicyclic amines) is 1. The summed E-state index contributed by atoms with van der Waals surface area (Å²) in [5.74, 6) is 1.37. The quantitative estimate of drug-likeness (QED) is 0.853. The summed E-state index contributed by atoms with van der Waals surface area (Å²) in [4.78, 5) is 30.5. The van der Waals surface area contributed by atoms with Crippen LogP contribution in [0, 0.1) is 18.8 Å². The normalized spacial score (nSPS) is 32.4. The van der Waals surface area contributed by atoms with E-state index in [1.807, 2.05) is 31.2 Å². The van der Waals surface area contributed by atoms with Gasteiger partial charge in [0.15, 0.2) is 0 Å². The zero-order valence-corrected chi connectivity index (χ0v) is 17.5. The second kappa shape index (κ2) is 7.75.